The lowest BCUT2D eigenvalue weighted by molar-refractivity contribution is 0.584. The first-order valence-corrected chi connectivity index (χ1v) is 7.93. The zero-order valence-electron chi connectivity index (χ0n) is 13.4. The van der Waals surface area contributed by atoms with Crippen molar-refractivity contribution in [2.75, 3.05) is 11.9 Å². The topological polar surface area (TPSA) is 33.5 Å². The zero-order chi connectivity index (χ0) is 16.5. The molecule has 118 valence electrons. The SMILES string of the molecule is CN(Cc1ccccc1)c1cc(=O)c2c(ccc3ccccc32)o1. The lowest BCUT2D eigenvalue weighted by Crippen LogP contribution is -2.18. The molecular formula is C21H17NO2. The maximum atomic E-state index is 12.7. The molecule has 4 aromatic rings. The molecule has 0 spiro atoms. The molecule has 0 radical (unpaired) electrons. The van der Waals surface area contributed by atoms with Crippen LogP contribution in [0.3, 0.4) is 0 Å². The Hall–Kier alpha value is -3.07. The molecule has 3 heteroatoms. The molecule has 0 aliphatic heterocycles. The van der Waals surface area contributed by atoms with E-state index in [1.165, 1.54) is 5.56 Å². The van der Waals surface area contributed by atoms with Crippen LogP contribution in [0.1, 0.15) is 5.56 Å². The summed E-state index contributed by atoms with van der Waals surface area (Å²) in [5.74, 6) is 0.576. The average Bonchev–Trinajstić information content (AvgIpc) is 2.62. The lowest BCUT2D eigenvalue weighted by Gasteiger charge is -2.18. The van der Waals surface area contributed by atoms with Crippen molar-refractivity contribution in [2.24, 2.45) is 0 Å². The van der Waals surface area contributed by atoms with Gasteiger partial charge >= 0.3 is 0 Å². The Balaban J connectivity index is 1.80. The van der Waals surface area contributed by atoms with Crippen LogP contribution in [0.15, 0.2) is 82.0 Å². The van der Waals surface area contributed by atoms with Crippen molar-refractivity contribution in [2.45, 2.75) is 6.54 Å². The van der Waals surface area contributed by atoms with Crippen molar-refractivity contribution in [1.29, 1.82) is 0 Å². The van der Waals surface area contributed by atoms with Crippen LogP contribution >= 0.6 is 0 Å². The van der Waals surface area contributed by atoms with Gasteiger partial charge in [-0.1, -0.05) is 60.7 Å². The summed E-state index contributed by atoms with van der Waals surface area (Å²) in [6, 6.07) is 23.4. The minimum absolute atomic E-state index is 0.0111. The van der Waals surface area contributed by atoms with E-state index in [9.17, 15) is 4.79 Å². The third-order valence-corrected chi connectivity index (χ3v) is 4.25. The molecule has 0 atom stereocenters. The Morgan fingerprint density at radius 3 is 2.50 bits per heavy atom. The molecule has 3 aromatic carbocycles. The molecule has 0 N–H and O–H groups in total. The molecule has 0 saturated heterocycles. The van der Waals surface area contributed by atoms with Gasteiger partial charge in [0.2, 0.25) is 0 Å². The lowest BCUT2D eigenvalue weighted by atomic mass is 10.1. The molecule has 0 fully saturated rings. The quantitative estimate of drug-likeness (QED) is 0.519. The Morgan fingerprint density at radius 2 is 1.67 bits per heavy atom. The highest BCUT2D eigenvalue weighted by Gasteiger charge is 2.11. The van der Waals surface area contributed by atoms with Gasteiger partial charge in [0.05, 0.1) is 5.39 Å². The van der Waals surface area contributed by atoms with Crippen molar-refractivity contribution in [3.05, 3.63) is 88.6 Å². The Bertz CT molecular complexity index is 1070. The van der Waals surface area contributed by atoms with E-state index in [2.05, 4.69) is 12.1 Å². The molecule has 0 amide bonds. The Labute approximate surface area is 139 Å². The van der Waals surface area contributed by atoms with Gasteiger partial charge in [-0.05, 0) is 22.4 Å². The van der Waals surface area contributed by atoms with Crippen molar-refractivity contribution >= 4 is 27.6 Å². The summed E-state index contributed by atoms with van der Waals surface area (Å²) in [7, 11) is 1.93. The molecule has 1 aromatic heterocycles. The molecule has 0 unspecified atom stereocenters. The smallest absolute Gasteiger partial charge is 0.200 e. The van der Waals surface area contributed by atoms with E-state index < -0.39 is 0 Å². The molecule has 0 aliphatic carbocycles. The zero-order valence-corrected chi connectivity index (χ0v) is 13.4. The first kappa shape index (κ1) is 14.5. The van der Waals surface area contributed by atoms with Crippen LogP contribution in [0, 0.1) is 0 Å². The van der Waals surface area contributed by atoms with E-state index in [1.54, 1.807) is 6.07 Å². The molecule has 3 nitrogen and oxygen atoms in total. The van der Waals surface area contributed by atoms with Gasteiger partial charge in [0, 0.05) is 19.7 Å². The van der Waals surface area contributed by atoms with Crippen molar-refractivity contribution in [3.8, 4) is 0 Å². The third kappa shape index (κ3) is 2.54. The molecular weight excluding hydrogens is 298 g/mol. The highest BCUT2D eigenvalue weighted by molar-refractivity contribution is 6.05. The van der Waals surface area contributed by atoms with Crippen molar-refractivity contribution in [3.63, 3.8) is 0 Å². The van der Waals surface area contributed by atoms with Gasteiger partial charge in [0.25, 0.3) is 0 Å². The fraction of sp³-hybridized carbons (Fsp3) is 0.0952. The van der Waals surface area contributed by atoms with E-state index >= 15 is 0 Å². The number of hydrogen-bond acceptors (Lipinski definition) is 3. The van der Waals surface area contributed by atoms with E-state index in [0.717, 1.165) is 10.8 Å². The fourth-order valence-corrected chi connectivity index (χ4v) is 3.04. The van der Waals surface area contributed by atoms with E-state index in [0.29, 0.717) is 23.4 Å². The predicted octanol–water partition coefficient (Wildman–Crippen LogP) is 4.58. The van der Waals surface area contributed by atoms with Crippen molar-refractivity contribution in [1.82, 2.24) is 0 Å². The summed E-state index contributed by atoms with van der Waals surface area (Å²) in [5, 5.41) is 2.62. The van der Waals surface area contributed by atoms with Crippen LogP contribution in [0.25, 0.3) is 21.7 Å². The number of hydrogen-bond donors (Lipinski definition) is 0. The Kier molecular flexibility index (Phi) is 3.54. The maximum absolute atomic E-state index is 12.7. The van der Waals surface area contributed by atoms with E-state index in [-0.39, 0.29) is 5.43 Å². The summed E-state index contributed by atoms with van der Waals surface area (Å²) >= 11 is 0. The highest BCUT2D eigenvalue weighted by atomic mass is 16.4. The average molecular weight is 315 g/mol. The molecule has 0 aliphatic rings. The maximum Gasteiger partial charge on any atom is 0.200 e. The normalized spacial score (nSPS) is 11.0. The number of benzene rings is 3. The van der Waals surface area contributed by atoms with E-state index in [1.807, 2.05) is 66.5 Å². The summed E-state index contributed by atoms with van der Waals surface area (Å²) in [6.45, 7) is 0.683. The summed E-state index contributed by atoms with van der Waals surface area (Å²) in [4.78, 5) is 14.6. The van der Waals surface area contributed by atoms with Crippen LogP contribution < -0.4 is 10.3 Å². The Morgan fingerprint density at radius 1 is 0.917 bits per heavy atom. The van der Waals surface area contributed by atoms with Gasteiger partial charge in [-0.2, -0.15) is 0 Å². The second-order valence-corrected chi connectivity index (χ2v) is 5.95. The summed E-state index contributed by atoms with van der Waals surface area (Å²) < 4.78 is 6.01. The first-order chi connectivity index (χ1) is 11.7. The fourth-order valence-electron chi connectivity index (χ4n) is 3.04. The number of fused-ring (bicyclic) bond motifs is 3. The van der Waals surface area contributed by atoms with Gasteiger partial charge in [-0.15, -0.1) is 0 Å². The van der Waals surface area contributed by atoms with Crippen LogP contribution in [-0.2, 0) is 6.54 Å². The number of nitrogens with zero attached hydrogens (tertiary/aromatic N) is 1. The number of anilines is 1. The van der Waals surface area contributed by atoms with Gasteiger partial charge < -0.3 is 9.32 Å². The van der Waals surface area contributed by atoms with Gasteiger partial charge in [0.15, 0.2) is 11.3 Å². The van der Waals surface area contributed by atoms with E-state index in [4.69, 9.17) is 4.42 Å². The van der Waals surface area contributed by atoms with Crippen LogP contribution in [-0.4, -0.2) is 7.05 Å². The van der Waals surface area contributed by atoms with Crippen LogP contribution in [0.5, 0.6) is 0 Å². The predicted molar refractivity (Wildman–Crippen MR) is 98.5 cm³/mol. The monoisotopic (exact) mass is 315 g/mol. The minimum atomic E-state index is -0.0111. The second-order valence-electron chi connectivity index (χ2n) is 5.95. The third-order valence-electron chi connectivity index (χ3n) is 4.25. The standard InChI is InChI=1S/C21H17NO2/c1-22(14-15-7-3-2-4-8-15)20-13-18(23)21-17-10-6-5-9-16(17)11-12-19(21)24-20/h2-13H,14H2,1H3. The highest BCUT2D eigenvalue weighted by Crippen LogP contribution is 2.26. The summed E-state index contributed by atoms with van der Waals surface area (Å²) in [5.41, 5.74) is 1.78. The van der Waals surface area contributed by atoms with Gasteiger partial charge in [0.1, 0.15) is 5.58 Å². The minimum Gasteiger partial charge on any atom is -0.440 e. The largest absolute Gasteiger partial charge is 0.440 e. The van der Waals surface area contributed by atoms with Crippen LogP contribution in [0.2, 0.25) is 0 Å². The molecule has 0 bridgehead atoms. The van der Waals surface area contributed by atoms with Crippen LogP contribution in [0.4, 0.5) is 5.88 Å². The van der Waals surface area contributed by atoms with Crippen molar-refractivity contribution < 1.29 is 4.42 Å². The molecule has 4 rings (SSSR count). The molecule has 1 heterocycles. The second kappa shape index (κ2) is 5.85. The van der Waals surface area contributed by atoms with Gasteiger partial charge in [-0.25, -0.2) is 0 Å². The first-order valence-electron chi connectivity index (χ1n) is 7.93. The van der Waals surface area contributed by atoms with Gasteiger partial charge in [-0.3, -0.25) is 4.79 Å². The molecule has 0 saturated carbocycles. The summed E-state index contributed by atoms with van der Waals surface area (Å²) in [6.07, 6.45) is 0. The number of rotatable bonds is 3. The molecule has 24 heavy (non-hydrogen) atoms.